The van der Waals surface area contributed by atoms with Gasteiger partial charge in [-0.2, -0.15) is 0 Å². The lowest BCUT2D eigenvalue weighted by Gasteiger charge is -2.22. The predicted octanol–water partition coefficient (Wildman–Crippen LogP) is 3.57. The van der Waals surface area contributed by atoms with Crippen molar-refractivity contribution in [1.29, 1.82) is 0 Å². The fourth-order valence-corrected chi connectivity index (χ4v) is 2.61. The molecular formula is C20H28IN3O2. The van der Waals surface area contributed by atoms with Gasteiger partial charge in [0.1, 0.15) is 11.5 Å². The maximum Gasteiger partial charge on any atom is 0.193 e. The summed E-state index contributed by atoms with van der Waals surface area (Å²) in [6.45, 7) is 1.59. The molecule has 0 spiro atoms. The van der Waals surface area contributed by atoms with Crippen LogP contribution < -0.4 is 14.8 Å². The molecule has 0 aliphatic rings. The second-order valence-corrected chi connectivity index (χ2v) is 5.78. The third-order valence-electron chi connectivity index (χ3n) is 3.98. The van der Waals surface area contributed by atoms with Gasteiger partial charge in [-0.25, -0.2) is 0 Å². The molecule has 0 saturated heterocycles. The smallest absolute Gasteiger partial charge is 0.193 e. The number of nitrogens with one attached hydrogen (secondary N) is 1. The first-order valence-electron chi connectivity index (χ1n) is 8.34. The standard InChI is InChI=1S/C20H27N3O2.HI/c1-21-20(22-13-12-16-6-5-7-19(14-16)25-4)23(2)15-17-8-10-18(24-3)11-9-17;/h5-11,14H,12-13,15H2,1-4H3,(H,21,22);1H. The van der Waals surface area contributed by atoms with Crippen molar-refractivity contribution in [2.45, 2.75) is 13.0 Å². The highest BCUT2D eigenvalue weighted by molar-refractivity contribution is 14.0. The van der Waals surface area contributed by atoms with Crippen LogP contribution in [0, 0.1) is 0 Å². The van der Waals surface area contributed by atoms with Crippen LogP contribution in [0.4, 0.5) is 0 Å². The average molecular weight is 469 g/mol. The van der Waals surface area contributed by atoms with Crippen LogP contribution in [-0.2, 0) is 13.0 Å². The van der Waals surface area contributed by atoms with E-state index in [0.717, 1.165) is 37.0 Å². The molecule has 0 radical (unpaired) electrons. The Morgan fingerprint density at radius 1 is 1.00 bits per heavy atom. The number of aliphatic imine (C=N–C) groups is 1. The Balaban J connectivity index is 0.00000338. The van der Waals surface area contributed by atoms with Crippen LogP contribution in [0.15, 0.2) is 53.5 Å². The summed E-state index contributed by atoms with van der Waals surface area (Å²) in [5, 5.41) is 3.41. The monoisotopic (exact) mass is 469 g/mol. The highest BCUT2D eigenvalue weighted by Crippen LogP contribution is 2.13. The molecule has 2 aromatic rings. The number of methoxy groups -OCH3 is 2. The Morgan fingerprint density at radius 2 is 1.69 bits per heavy atom. The highest BCUT2D eigenvalue weighted by atomic mass is 127. The SMILES string of the molecule is CN=C(NCCc1cccc(OC)c1)N(C)Cc1ccc(OC)cc1.I. The molecule has 0 fully saturated rings. The molecule has 26 heavy (non-hydrogen) atoms. The Morgan fingerprint density at radius 3 is 2.31 bits per heavy atom. The van der Waals surface area contributed by atoms with Crippen molar-refractivity contribution < 1.29 is 9.47 Å². The number of rotatable bonds is 7. The molecule has 0 amide bonds. The summed E-state index contributed by atoms with van der Waals surface area (Å²) in [6, 6.07) is 16.2. The fourth-order valence-electron chi connectivity index (χ4n) is 2.61. The van der Waals surface area contributed by atoms with Gasteiger partial charge < -0.3 is 19.7 Å². The lowest BCUT2D eigenvalue weighted by Crippen LogP contribution is -2.39. The van der Waals surface area contributed by atoms with Crippen molar-refractivity contribution in [3.05, 3.63) is 59.7 Å². The molecule has 0 aromatic heterocycles. The maximum absolute atomic E-state index is 5.26. The first kappa shape index (κ1) is 22.1. The molecule has 2 aromatic carbocycles. The number of benzene rings is 2. The number of hydrogen-bond acceptors (Lipinski definition) is 3. The Kier molecular flexibility index (Phi) is 9.87. The lowest BCUT2D eigenvalue weighted by molar-refractivity contribution is 0.414. The van der Waals surface area contributed by atoms with E-state index in [4.69, 9.17) is 9.47 Å². The topological polar surface area (TPSA) is 46.1 Å². The fraction of sp³-hybridized carbons (Fsp3) is 0.350. The van der Waals surface area contributed by atoms with Crippen LogP contribution in [-0.4, -0.2) is 45.7 Å². The average Bonchev–Trinajstić information content (AvgIpc) is 2.66. The molecule has 0 bridgehead atoms. The molecule has 5 nitrogen and oxygen atoms in total. The Hall–Kier alpha value is -1.96. The molecule has 2 rings (SSSR count). The zero-order chi connectivity index (χ0) is 18.1. The maximum atomic E-state index is 5.26. The van der Waals surface area contributed by atoms with E-state index < -0.39 is 0 Å². The molecule has 0 unspecified atom stereocenters. The summed E-state index contributed by atoms with van der Waals surface area (Å²) in [4.78, 5) is 6.47. The first-order chi connectivity index (χ1) is 12.2. The van der Waals surface area contributed by atoms with Crippen LogP contribution >= 0.6 is 24.0 Å². The van der Waals surface area contributed by atoms with E-state index in [1.807, 2.05) is 31.3 Å². The summed E-state index contributed by atoms with van der Waals surface area (Å²) < 4.78 is 10.5. The molecule has 0 atom stereocenters. The third kappa shape index (κ3) is 6.74. The summed E-state index contributed by atoms with van der Waals surface area (Å²) in [7, 11) is 7.20. The molecule has 6 heteroatoms. The van der Waals surface area contributed by atoms with E-state index in [0.29, 0.717) is 0 Å². The Bertz CT molecular complexity index is 690. The van der Waals surface area contributed by atoms with E-state index in [2.05, 4.69) is 39.5 Å². The molecular weight excluding hydrogens is 441 g/mol. The quantitative estimate of drug-likeness (QED) is 0.383. The van der Waals surface area contributed by atoms with Crippen LogP contribution in [0.25, 0.3) is 0 Å². The number of halogens is 1. The second-order valence-electron chi connectivity index (χ2n) is 5.78. The van der Waals surface area contributed by atoms with Crippen LogP contribution in [0.5, 0.6) is 11.5 Å². The van der Waals surface area contributed by atoms with Gasteiger partial charge in [0.05, 0.1) is 14.2 Å². The van der Waals surface area contributed by atoms with E-state index in [-0.39, 0.29) is 24.0 Å². The minimum Gasteiger partial charge on any atom is -0.497 e. The molecule has 1 N–H and O–H groups in total. The van der Waals surface area contributed by atoms with Crippen molar-refractivity contribution in [3.63, 3.8) is 0 Å². The van der Waals surface area contributed by atoms with Crippen LogP contribution in [0.1, 0.15) is 11.1 Å². The van der Waals surface area contributed by atoms with Crippen molar-refractivity contribution in [2.75, 3.05) is 34.9 Å². The summed E-state index contributed by atoms with van der Waals surface area (Å²) in [5.41, 5.74) is 2.44. The van der Waals surface area contributed by atoms with Crippen molar-refractivity contribution >= 4 is 29.9 Å². The predicted molar refractivity (Wildman–Crippen MR) is 118 cm³/mol. The summed E-state index contributed by atoms with van der Waals surface area (Å²) >= 11 is 0. The number of guanidine groups is 1. The zero-order valence-corrected chi connectivity index (χ0v) is 18.2. The van der Waals surface area contributed by atoms with Crippen LogP contribution in [0.2, 0.25) is 0 Å². The van der Waals surface area contributed by atoms with Gasteiger partial charge in [0, 0.05) is 27.2 Å². The third-order valence-corrected chi connectivity index (χ3v) is 3.98. The Labute approximate surface area is 173 Å². The second kappa shape index (κ2) is 11.6. The molecule has 0 aliphatic carbocycles. The van der Waals surface area contributed by atoms with E-state index in [9.17, 15) is 0 Å². The molecule has 0 saturated carbocycles. The van der Waals surface area contributed by atoms with Gasteiger partial charge in [-0.15, -0.1) is 24.0 Å². The normalized spacial score (nSPS) is 10.7. The minimum absolute atomic E-state index is 0. The van der Waals surface area contributed by atoms with Gasteiger partial charge in [0.2, 0.25) is 0 Å². The van der Waals surface area contributed by atoms with E-state index >= 15 is 0 Å². The number of hydrogen-bond donors (Lipinski definition) is 1. The van der Waals surface area contributed by atoms with Crippen molar-refractivity contribution in [2.24, 2.45) is 4.99 Å². The molecule has 0 heterocycles. The van der Waals surface area contributed by atoms with Gasteiger partial charge >= 0.3 is 0 Å². The molecule has 0 aliphatic heterocycles. The zero-order valence-electron chi connectivity index (χ0n) is 15.9. The summed E-state index contributed by atoms with van der Waals surface area (Å²) in [5.74, 6) is 2.63. The van der Waals surface area contributed by atoms with Gasteiger partial charge in [0.25, 0.3) is 0 Å². The van der Waals surface area contributed by atoms with Crippen molar-refractivity contribution in [3.8, 4) is 11.5 Å². The van der Waals surface area contributed by atoms with Crippen LogP contribution in [0.3, 0.4) is 0 Å². The van der Waals surface area contributed by atoms with E-state index in [1.54, 1.807) is 21.3 Å². The van der Waals surface area contributed by atoms with Gasteiger partial charge in [-0.3, -0.25) is 4.99 Å². The number of ether oxygens (including phenoxy) is 2. The number of nitrogens with zero attached hydrogens (tertiary/aromatic N) is 2. The first-order valence-corrected chi connectivity index (χ1v) is 8.34. The minimum atomic E-state index is 0. The van der Waals surface area contributed by atoms with Gasteiger partial charge in [0.15, 0.2) is 5.96 Å². The van der Waals surface area contributed by atoms with Crippen molar-refractivity contribution in [1.82, 2.24) is 10.2 Å². The largest absolute Gasteiger partial charge is 0.497 e. The van der Waals surface area contributed by atoms with E-state index in [1.165, 1.54) is 11.1 Å². The lowest BCUT2D eigenvalue weighted by atomic mass is 10.1. The van der Waals surface area contributed by atoms with Gasteiger partial charge in [-0.05, 0) is 41.8 Å². The van der Waals surface area contributed by atoms with Gasteiger partial charge in [-0.1, -0.05) is 24.3 Å². The highest BCUT2D eigenvalue weighted by Gasteiger charge is 2.07. The molecule has 142 valence electrons. The summed E-state index contributed by atoms with van der Waals surface area (Å²) in [6.07, 6.45) is 0.909.